The fraction of sp³-hybridized carbons (Fsp3) is 0.0588. The molecule has 0 aliphatic carbocycles. The van der Waals surface area contributed by atoms with Crippen LogP contribution in [0.25, 0.3) is 11.3 Å². The molecule has 3 aromatic heterocycles. The number of halogens is 3. The summed E-state index contributed by atoms with van der Waals surface area (Å²) in [5, 5.41) is 3.78. The lowest BCUT2D eigenvalue weighted by Crippen LogP contribution is -2.19. The number of carbonyl (C=O) groups excluding carboxylic acids is 1. The molecule has 0 unspecified atom stereocenters. The van der Waals surface area contributed by atoms with Gasteiger partial charge in [-0.3, -0.25) is 14.8 Å². The number of hydrazone groups is 1. The summed E-state index contributed by atoms with van der Waals surface area (Å²) in [6.45, 7) is 0. The van der Waals surface area contributed by atoms with E-state index in [1.54, 1.807) is 24.4 Å². The van der Waals surface area contributed by atoms with Crippen LogP contribution in [0.4, 0.5) is 13.2 Å². The summed E-state index contributed by atoms with van der Waals surface area (Å²) in [6.07, 6.45) is 1.81. The van der Waals surface area contributed by atoms with E-state index in [-0.39, 0.29) is 11.4 Å². The van der Waals surface area contributed by atoms with E-state index in [4.69, 9.17) is 0 Å². The summed E-state index contributed by atoms with van der Waals surface area (Å²) in [6, 6.07) is 7.57. The molecule has 11 heteroatoms. The van der Waals surface area contributed by atoms with Crippen molar-refractivity contribution in [3.05, 3.63) is 66.5 Å². The Morgan fingerprint density at radius 1 is 1.11 bits per heavy atom. The van der Waals surface area contributed by atoms with Crippen LogP contribution in [-0.4, -0.2) is 38.4 Å². The monoisotopic (exact) mass is 388 g/mol. The van der Waals surface area contributed by atoms with Crippen molar-refractivity contribution < 1.29 is 22.7 Å². The highest BCUT2D eigenvalue weighted by Gasteiger charge is 2.31. The van der Waals surface area contributed by atoms with E-state index in [2.05, 4.69) is 35.2 Å². The van der Waals surface area contributed by atoms with Gasteiger partial charge in [0.25, 0.3) is 5.91 Å². The molecule has 1 N–H and O–H groups in total. The molecule has 8 nitrogen and oxygen atoms in total. The van der Waals surface area contributed by atoms with Gasteiger partial charge in [0.15, 0.2) is 0 Å². The second kappa shape index (κ2) is 8.20. The Labute approximate surface area is 156 Å². The SMILES string of the molecule is O=C(N/N=C/c1ccccn1)c1cncc(-c2ccc(OC(F)(F)F)nc2)n1. The fourth-order valence-electron chi connectivity index (χ4n) is 1.99. The minimum atomic E-state index is -4.83. The number of pyridine rings is 2. The quantitative estimate of drug-likeness (QED) is 0.532. The zero-order valence-electron chi connectivity index (χ0n) is 14.0. The molecule has 0 fully saturated rings. The lowest BCUT2D eigenvalue weighted by atomic mass is 10.2. The van der Waals surface area contributed by atoms with Gasteiger partial charge in [0.1, 0.15) is 5.69 Å². The number of aromatic nitrogens is 4. The predicted molar refractivity (Wildman–Crippen MR) is 91.2 cm³/mol. The third-order valence-corrected chi connectivity index (χ3v) is 3.17. The molecule has 0 bridgehead atoms. The van der Waals surface area contributed by atoms with Crippen molar-refractivity contribution in [2.45, 2.75) is 6.36 Å². The van der Waals surface area contributed by atoms with E-state index in [1.165, 1.54) is 24.7 Å². The molecule has 0 atom stereocenters. The molecule has 3 rings (SSSR count). The molecular weight excluding hydrogens is 377 g/mol. The summed E-state index contributed by atoms with van der Waals surface area (Å²) in [5.74, 6) is -1.23. The third-order valence-electron chi connectivity index (χ3n) is 3.17. The van der Waals surface area contributed by atoms with Crippen LogP contribution in [0.2, 0.25) is 0 Å². The van der Waals surface area contributed by atoms with E-state index in [9.17, 15) is 18.0 Å². The molecular formula is C17H11F3N6O2. The zero-order valence-corrected chi connectivity index (χ0v) is 14.0. The Balaban J connectivity index is 1.69. The van der Waals surface area contributed by atoms with Gasteiger partial charge in [-0.05, 0) is 18.2 Å². The lowest BCUT2D eigenvalue weighted by Gasteiger charge is -2.08. The van der Waals surface area contributed by atoms with E-state index in [0.717, 1.165) is 12.3 Å². The van der Waals surface area contributed by atoms with Gasteiger partial charge in [0.2, 0.25) is 5.88 Å². The number of carbonyl (C=O) groups is 1. The first kappa shape index (κ1) is 18.9. The predicted octanol–water partition coefficient (Wildman–Crippen LogP) is 2.60. The van der Waals surface area contributed by atoms with Gasteiger partial charge in [0.05, 0.1) is 30.0 Å². The van der Waals surface area contributed by atoms with Crippen molar-refractivity contribution in [1.82, 2.24) is 25.4 Å². The number of ether oxygens (including phenoxy) is 1. The van der Waals surface area contributed by atoms with Crippen LogP contribution in [0.3, 0.4) is 0 Å². The Bertz CT molecular complexity index is 978. The summed E-state index contributed by atoms with van der Waals surface area (Å²) in [5.41, 5.74) is 3.40. The molecule has 0 aliphatic rings. The van der Waals surface area contributed by atoms with Gasteiger partial charge >= 0.3 is 6.36 Å². The molecule has 0 radical (unpaired) electrons. The van der Waals surface area contributed by atoms with Crippen LogP contribution in [0.5, 0.6) is 5.88 Å². The van der Waals surface area contributed by atoms with Crippen molar-refractivity contribution in [2.24, 2.45) is 5.10 Å². The maximum Gasteiger partial charge on any atom is 0.574 e. The van der Waals surface area contributed by atoms with E-state index in [1.807, 2.05) is 0 Å². The second-order valence-electron chi connectivity index (χ2n) is 5.18. The van der Waals surface area contributed by atoms with Crippen molar-refractivity contribution >= 4 is 12.1 Å². The molecule has 1 amide bonds. The smallest absolute Gasteiger partial charge is 0.388 e. The molecule has 142 valence electrons. The molecule has 0 aromatic carbocycles. The second-order valence-corrected chi connectivity index (χ2v) is 5.18. The Morgan fingerprint density at radius 2 is 1.96 bits per heavy atom. The number of alkyl halides is 3. The highest BCUT2D eigenvalue weighted by atomic mass is 19.4. The molecule has 0 aliphatic heterocycles. The molecule has 28 heavy (non-hydrogen) atoms. The molecule has 0 saturated carbocycles. The molecule has 0 spiro atoms. The molecule has 0 saturated heterocycles. The standard InChI is InChI=1S/C17H11F3N6O2/c18-17(19,20)28-15-5-4-11(7-23-15)13-9-21-10-14(25-13)16(27)26-24-8-12-3-1-2-6-22-12/h1-10H,(H,26,27)/b24-8+. The number of nitrogens with one attached hydrogen (secondary N) is 1. The van der Waals surface area contributed by atoms with Crippen LogP contribution < -0.4 is 10.2 Å². The largest absolute Gasteiger partial charge is 0.574 e. The zero-order chi connectivity index (χ0) is 20.0. The van der Waals surface area contributed by atoms with E-state index >= 15 is 0 Å². The highest BCUT2D eigenvalue weighted by Crippen LogP contribution is 2.23. The highest BCUT2D eigenvalue weighted by molar-refractivity contribution is 5.93. The minimum absolute atomic E-state index is 0.0358. The average molecular weight is 388 g/mol. The van der Waals surface area contributed by atoms with Gasteiger partial charge in [-0.2, -0.15) is 5.10 Å². The van der Waals surface area contributed by atoms with Gasteiger partial charge in [0, 0.05) is 24.0 Å². The van der Waals surface area contributed by atoms with Gasteiger partial charge in [-0.1, -0.05) is 6.07 Å². The van der Waals surface area contributed by atoms with Crippen LogP contribution in [0.1, 0.15) is 16.2 Å². The summed E-state index contributed by atoms with van der Waals surface area (Å²) in [4.78, 5) is 27.7. The number of rotatable bonds is 5. The fourth-order valence-corrected chi connectivity index (χ4v) is 1.99. The number of hydrogen-bond acceptors (Lipinski definition) is 7. The first-order valence-electron chi connectivity index (χ1n) is 7.69. The molecule has 3 heterocycles. The van der Waals surface area contributed by atoms with E-state index < -0.39 is 18.1 Å². The maximum absolute atomic E-state index is 12.2. The van der Waals surface area contributed by atoms with Crippen molar-refractivity contribution in [2.75, 3.05) is 0 Å². The first-order chi connectivity index (χ1) is 13.4. The maximum atomic E-state index is 12.2. The third kappa shape index (κ3) is 5.30. The summed E-state index contributed by atoms with van der Waals surface area (Å²) >= 11 is 0. The van der Waals surface area contributed by atoms with Crippen LogP contribution in [0.15, 0.2) is 60.2 Å². The van der Waals surface area contributed by atoms with Gasteiger partial charge in [-0.15, -0.1) is 13.2 Å². The normalized spacial score (nSPS) is 11.4. The summed E-state index contributed by atoms with van der Waals surface area (Å²) < 4.78 is 40.2. The lowest BCUT2D eigenvalue weighted by molar-refractivity contribution is -0.276. The Morgan fingerprint density at radius 3 is 2.64 bits per heavy atom. The van der Waals surface area contributed by atoms with Crippen LogP contribution in [-0.2, 0) is 0 Å². The molecule has 3 aromatic rings. The van der Waals surface area contributed by atoms with Crippen molar-refractivity contribution in [1.29, 1.82) is 0 Å². The Hall–Kier alpha value is -3.89. The van der Waals surface area contributed by atoms with Gasteiger partial charge < -0.3 is 4.74 Å². The number of amides is 1. The van der Waals surface area contributed by atoms with Crippen molar-refractivity contribution in [3.8, 4) is 17.1 Å². The van der Waals surface area contributed by atoms with Gasteiger partial charge in [-0.25, -0.2) is 15.4 Å². The topological polar surface area (TPSA) is 102 Å². The average Bonchev–Trinajstić information content (AvgIpc) is 2.68. The van der Waals surface area contributed by atoms with Crippen molar-refractivity contribution in [3.63, 3.8) is 0 Å². The van der Waals surface area contributed by atoms with Crippen LogP contribution >= 0.6 is 0 Å². The van der Waals surface area contributed by atoms with Crippen LogP contribution in [0, 0.1) is 0 Å². The first-order valence-corrected chi connectivity index (χ1v) is 7.69. The summed E-state index contributed by atoms with van der Waals surface area (Å²) in [7, 11) is 0. The van der Waals surface area contributed by atoms with E-state index in [0.29, 0.717) is 11.3 Å². The minimum Gasteiger partial charge on any atom is -0.388 e. The number of hydrogen-bond donors (Lipinski definition) is 1. The number of nitrogens with zero attached hydrogens (tertiary/aromatic N) is 5. The Kier molecular flexibility index (Phi) is 5.53.